The molecule has 0 amide bonds. The van der Waals surface area contributed by atoms with Gasteiger partial charge < -0.3 is 10.1 Å². The topological polar surface area (TPSA) is 21.3 Å². The first-order chi connectivity index (χ1) is 9.79. The lowest BCUT2D eigenvalue weighted by atomic mass is 9.75. The van der Waals surface area contributed by atoms with Gasteiger partial charge in [0.2, 0.25) is 0 Å². The molecule has 0 atom stereocenters. The van der Waals surface area contributed by atoms with Gasteiger partial charge in [0.05, 0.1) is 7.11 Å². The van der Waals surface area contributed by atoms with Crippen LogP contribution in [0, 0.1) is 11.3 Å². The number of benzene rings is 1. The third kappa shape index (κ3) is 2.35. The molecule has 1 aromatic carbocycles. The summed E-state index contributed by atoms with van der Waals surface area (Å²) in [5.74, 6) is 2.80. The summed E-state index contributed by atoms with van der Waals surface area (Å²) in [5, 5.41) is 3.84. The van der Waals surface area contributed by atoms with Gasteiger partial charge in [-0.1, -0.05) is 12.1 Å². The second-order valence-electron chi connectivity index (χ2n) is 7.16. The van der Waals surface area contributed by atoms with Crippen LogP contribution in [0.3, 0.4) is 0 Å². The van der Waals surface area contributed by atoms with Crippen LogP contribution >= 0.6 is 0 Å². The molecule has 1 N–H and O–H groups in total. The third-order valence-electron chi connectivity index (χ3n) is 5.80. The molecule has 0 bridgehead atoms. The van der Waals surface area contributed by atoms with Gasteiger partial charge in [-0.25, -0.2) is 0 Å². The van der Waals surface area contributed by atoms with Crippen LogP contribution in [-0.2, 0) is 0 Å². The van der Waals surface area contributed by atoms with Crippen LogP contribution in [0.2, 0.25) is 0 Å². The summed E-state index contributed by atoms with van der Waals surface area (Å²) in [5.41, 5.74) is 2.22. The highest BCUT2D eigenvalue weighted by molar-refractivity contribution is 5.31. The van der Waals surface area contributed by atoms with Crippen LogP contribution in [0.15, 0.2) is 24.3 Å². The van der Waals surface area contributed by atoms with Crippen LogP contribution in [-0.4, -0.2) is 19.7 Å². The molecule has 1 aromatic rings. The Morgan fingerprint density at radius 2 is 1.85 bits per heavy atom. The molecular formula is C18H25NO. The minimum Gasteiger partial charge on any atom is -0.497 e. The Morgan fingerprint density at radius 1 is 1.15 bits per heavy atom. The fourth-order valence-electron chi connectivity index (χ4n) is 3.87. The van der Waals surface area contributed by atoms with Crippen molar-refractivity contribution in [2.75, 3.05) is 13.7 Å². The normalized spacial score (nSPS) is 30.6. The quantitative estimate of drug-likeness (QED) is 0.851. The van der Waals surface area contributed by atoms with Gasteiger partial charge in [0.15, 0.2) is 0 Å². The average molecular weight is 271 g/mol. The zero-order valence-electron chi connectivity index (χ0n) is 12.4. The van der Waals surface area contributed by atoms with Crippen molar-refractivity contribution in [3.63, 3.8) is 0 Å². The van der Waals surface area contributed by atoms with Gasteiger partial charge in [-0.05, 0) is 73.5 Å². The summed E-state index contributed by atoms with van der Waals surface area (Å²) in [6.07, 6.45) is 8.60. The lowest BCUT2D eigenvalue weighted by Gasteiger charge is -2.37. The van der Waals surface area contributed by atoms with E-state index in [-0.39, 0.29) is 0 Å². The molecule has 4 rings (SSSR count). The molecule has 0 heterocycles. The predicted octanol–water partition coefficient (Wildman–Crippen LogP) is 3.72. The van der Waals surface area contributed by atoms with Crippen molar-refractivity contribution in [2.24, 2.45) is 11.3 Å². The maximum Gasteiger partial charge on any atom is 0.118 e. The summed E-state index contributed by atoms with van der Waals surface area (Å²) in [7, 11) is 1.73. The van der Waals surface area contributed by atoms with Gasteiger partial charge in [0.1, 0.15) is 5.75 Å². The summed E-state index contributed by atoms with van der Waals surface area (Å²) < 4.78 is 5.22. The molecule has 0 spiro atoms. The fourth-order valence-corrected chi connectivity index (χ4v) is 3.87. The van der Waals surface area contributed by atoms with Gasteiger partial charge in [-0.2, -0.15) is 0 Å². The van der Waals surface area contributed by atoms with Gasteiger partial charge in [-0.3, -0.25) is 0 Å². The van der Waals surface area contributed by atoms with Crippen LogP contribution in [0.1, 0.15) is 50.0 Å². The molecule has 0 unspecified atom stereocenters. The van der Waals surface area contributed by atoms with Gasteiger partial charge in [0, 0.05) is 12.6 Å². The monoisotopic (exact) mass is 271 g/mol. The Bertz CT molecular complexity index is 467. The number of hydrogen-bond acceptors (Lipinski definition) is 2. The Labute approximate surface area is 121 Å². The summed E-state index contributed by atoms with van der Waals surface area (Å²) in [6.45, 7) is 1.29. The van der Waals surface area contributed by atoms with Crippen molar-refractivity contribution < 1.29 is 4.74 Å². The fraction of sp³-hybridized carbons (Fsp3) is 0.667. The molecule has 2 nitrogen and oxygen atoms in total. The molecule has 108 valence electrons. The van der Waals surface area contributed by atoms with Crippen LogP contribution in [0.5, 0.6) is 5.75 Å². The van der Waals surface area contributed by atoms with E-state index in [1.165, 1.54) is 50.6 Å². The first kappa shape index (κ1) is 12.7. The standard InChI is InChI=1S/C18H25NO/c1-20-17-6-2-13(3-7-17)14-10-16(11-14)19-12-18(8-9-18)15-4-5-15/h2-3,6-7,14-16,19H,4-5,8-12H2,1H3. The van der Waals surface area contributed by atoms with Gasteiger partial charge in [-0.15, -0.1) is 0 Å². The van der Waals surface area contributed by atoms with Crippen molar-refractivity contribution in [3.8, 4) is 5.75 Å². The average Bonchev–Trinajstić information content (AvgIpc) is 3.29. The van der Waals surface area contributed by atoms with E-state index in [4.69, 9.17) is 4.74 Å². The first-order valence-corrected chi connectivity index (χ1v) is 8.16. The van der Waals surface area contributed by atoms with Crippen molar-refractivity contribution in [1.82, 2.24) is 5.32 Å². The van der Waals surface area contributed by atoms with E-state index < -0.39 is 0 Å². The van der Waals surface area contributed by atoms with Crippen LogP contribution < -0.4 is 10.1 Å². The number of rotatable bonds is 6. The Balaban J connectivity index is 1.24. The molecule has 0 saturated heterocycles. The highest BCUT2D eigenvalue weighted by atomic mass is 16.5. The zero-order valence-corrected chi connectivity index (χ0v) is 12.4. The van der Waals surface area contributed by atoms with Crippen molar-refractivity contribution in [1.29, 1.82) is 0 Å². The van der Waals surface area contributed by atoms with Gasteiger partial charge >= 0.3 is 0 Å². The second-order valence-corrected chi connectivity index (χ2v) is 7.16. The minimum atomic E-state index is 0.741. The summed E-state index contributed by atoms with van der Waals surface area (Å²) >= 11 is 0. The van der Waals surface area contributed by atoms with Crippen LogP contribution in [0.4, 0.5) is 0 Å². The van der Waals surface area contributed by atoms with E-state index in [2.05, 4.69) is 29.6 Å². The number of nitrogens with one attached hydrogen (secondary N) is 1. The third-order valence-corrected chi connectivity index (χ3v) is 5.80. The SMILES string of the molecule is COc1ccc(C2CC(NCC3(C4CC4)CC3)C2)cc1. The number of hydrogen-bond donors (Lipinski definition) is 1. The van der Waals surface area contributed by atoms with Crippen molar-refractivity contribution >= 4 is 0 Å². The van der Waals surface area contributed by atoms with E-state index in [1.54, 1.807) is 7.11 Å². The molecule has 3 fully saturated rings. The lowest BCUT2D eigenvalue weighted by molar-refractivity contribution is 0.262. The molecule has 0 aliphatic heterocycles. The molecule has 3 saturated carbocycles. The maximum absolute atomic E-state index is 5.22. The zero-order chi connectivity index (χ0) is 13.6. The molecule has 3 aliphatic rings. The second kappa shape index (κ2) is 4.77. The molecule has 0 aromatic heterocycles. The van der Waals surface area contributed by atoms with Crippen molar-refractivity contribution in [2.45, 2.75) is 50.5 Å². The minimum absolute atomic E-state index is 0.741. The van der Waals surface area contributed by atoms with E-state index in [0.29, 0.717) is 0 Å². The summed E-state index contributed by atoms with van der Waals surface area (Å²) in [4.78, 5) is 0. The number of ether oxygens (including phenoxy) is 1. The highest BCUT2D eigenvalue weighted by Crippen LogP contribution is 2.61. The summed E-state index contributed by atoms with van der Waals surface area (Å²) in [6, 6.07) is 9.39. The molecule has 0 radical (unpaired) electrons. The smallest absolute Gasteiger partial charge is 0.118 e. The Hall–Kier alpha value is -1.02. The largest absolute Gasteiger partial charge is 0.497 e. The molecule has 2 heteroatoms. The maximum atomic E-state index is 5.22. The van der Waals surface area contributed by atoms with Gasteiger partial charge in [0.25, 0.3) is 0 Å². The Kier molecular flexibility index (Phi) is 3.03. The van der Waals surface area contributed by atoms with Crippen LogP contribution in [0.25, 0.3) is 0 Å². The van der Waals surface area contributed by atoms with E-state index in [1.807, 2.05) is 0 Å². The lowest BCUT2D eigenvalue weighted by Crippen LogP contribution is -2.43. The van der Waals surface area contributed by atoms with E-state index >= 15 is 0 Å². The predicted molar refractivity (Wildman–Crippen MR) is 81.2 cm³/mol. The number of methoxy groups -OCH3 is 1. The van der Waals surface area contributed by atoms with Crippen molar-refractivity contribution in [3.05, 3.63) is 29.8 Å². The molecule has 3 aliphatic carbocycles. The molecular weight excluding hydrogens is 246 g/mol. The first-order valence-electron chi connectivity index (χ1n) is 8.16. The highest BCUT2D eigenvalue weighted by Gasteiger charge is 2.53. The Morgan fingerprint density at radius 3 is 2.40 bits per heavy atom. The van der Waals surface area contributed by atoms with E-state index in [9.17, 15) is 0 Å². The van der Waals surface area contributed by atoms with E-state index in [0.717, 1.165) is 29.0 Å². The molecule has 20 heavy (non-hydrogen) atoms.